The second-order valence-corrected chi connectivity index (χ2v) is 3.36. The molecule has 64 valence electrons. The Morgan fingerprint density at radius 3 is 2.09 bits per heavy atom. The Kier molecular flexibility index (Phi) is 3.04. The number of hydrogen-bond donors (Lipinski definition) is 1. The minimum atomic E-state index is -0.919. The van der Waals surface area contributed by atoms with Gasteiger partial charge >= 0.3 is 6.09 Å². The van der Waals surface area contributed by atoms with E-state index < -0.39 is 17.6 Å². The lowest BCUT2D eigenvalue weighted by Crippen LogP contribution is -2.34. The average molecular weight is 159 g/mol. The Hall–Kier alpha value is -1.06. The lowest BCUT2D eigenvalue weighted by molar-refractivity contribution is -0.119. The molecule has 2 N–H and O–H groups in total. The fourth-order valence-corrected chi connectivity index (χ4v) is 0.534. The van der Waals surface area contributed by atoms with E-state index >= 15 is 0 Å². The lowest BCUT2D eigenvalue weighted by Gasteiger charge is -2.24. The van der Waals surface area contributed by atoms with E-state index in [2.05, 4.69) is 4.74 Å². The summed E-state index contributed by atoms with van der Waals surface area (Å²) in [5.41, 5.74) is 4.35. The van der Waals surface area contributed by atoms with Crippen LogP contribution in [0, 0.1) is 5.41 Å². The van der Waals surface area contributed by atoms with E-state index in [1.54, 1.807) is 20.8 Å². The molecule has 0 heterocycles. The van der Waals surface area contributed by atoms with Crippen LogP contribution in [0.5, 0.6) is 0 Å². The highest BCUT2D eigenvalue weighted by atomic mass is 16.6. The van der Waals surface area contributed by atoms with Crippen molar-refractivity contribution in [3.05, 3.63) is 0 Å². The molecule has 0 saturated heterocycles. The fourth-order valence-electron chi connectivity index (χ4n) is 0.534. The van der Waals surface area contributed by atoms with E-state index in [1.807, 2.05) is 0 Å². The summed E-state index contributed by atoms with van der Waals surface area (Å²) >= 11 is 0. The standard InChI is InChI=1S/C7H13NO3/c1-7(2,3)5(4-9)11-6(8)10/h4-5H,1-3H3,(H2,8,10). The van der Waals surface area contributed by atoms with Gasteiger partial charge in [0.1, 0.15) is 0 Å². The minimum Gasteiger partial charge on any atom is -0.438 e. The molecule has 4 heteroatoms. The number of aldehydes is 1. The van der Waals surface area contributed by atoms with Gasteiger partial charge in [-0.2, -0.15) is 0 Å². The number of amides is 1. The van der Waals surface area contributed by atoms with E-state index in [9.17, 15) is 9.59 Å². The predicted octanol–water partition coefficient (Wildman–Crippen LogP) is 0.695. The molecule has 0 radical (unpaired) electrons. The van der Waals surface area contributed by atoms with Crippen LogP contribution in [0.1, 0.15) is 20.8 Å². The van der Waals surface area contributed by atoms with Gasteiger partial charge in [0.15, 0.2) is 12.4 Å². The molecule has 1 unspecified atom stereocenters. The summed E-state index contributed by atoms with van der Waals surface area (Å²) in [6, 6.07) is 0. The number of carbonyl (C=O) groups is 2. The quantitative estimate of drug-likeness (QED) is 0.603. The maximum atomic E-state index is 10.4. The van der Waals surface area contributed by atoms with Crippen LogP contribution in [0.3, 0.4) is 0 Å². The maximum absolute atomic E-state index is 10.4. The van der Waals surface area contributed by atoms with Crippen molar-refractivity contribution in [3.63, 3.8) is 0 Å². The maximum Gasteiger partial charge on any atom is 0.405 e. The third-order valence-corrected chi connectivity index (χ3v) is 1.22. The van der Waals surface area contributed by atoms with Gasteiger partial charge in [-0.15, -0.1) is 0 Å². The summed E-state index contributed by atoms with van der Waals surface area (Å²) < 4.78 is 4.53. The van der Waals surface area contributed by atoms with Crippen molar-refractivity contribution in [2.45, 2.75) is 26.9 Å². The van der Waals surface area contributed by atoms with Gasteiger partial charge < -0.3 is 10.5 Å². The third-order valence-electron chi connectivity index (χ3n) is 1.22. The van der Waals surface area contributed by atoms with Crippen molar-refractivity contribution >= 4 is 12.4 Å². The van der Waals surface area contributed by atoms with Crippen LogP contribution in [-0.4, -0.2) is 18.5 Å². The summed E-state index contributed by atoms with van der Waals surface area (Å²) in [7, 11) is 0. The van der Waals surface area contributed by atoms with Gasteiger partial charge in [0.25, 0.3) is 0 Å². The molecule has 0 spiro atoms. The van der Waals surface area contributed by atoms with Gasteiger partial charge in [0.05, 0.1) is 0 Å². The van der Waals surface area contributed by atoms with Crippen molar-refractivity contribution in [1.82, 2.24) is 0 Å². The van der Waals surface area contributed by atoms with E-state index in [0.29, 0.717) is 6.29 Å². The first kappa shape index (κ1) is 9.94. The molecule has 0 aliphatic rings. The molecule has 0 rings (SSSR count). The molecular weight excluding hydrogens is 146 g/mol. The predicted molar refractivity (Wildman–Crippen MR) is 40.0 cm³/mol. The molecule has 1 atom stereocenters. The molecule has 0 aromatic rings. The smallest absolute Gasteiger partial charge is 0.405 e. The van der Waals surface area contributed by atoms with Gasteiger partial charge in [-0.3, -0.25) is 4.79 Å². The number of primary amides is 1. The van der Waals surface area contributed by atoms with Gasteiger partial charge in [-0.05, 0) is 0 Å². The summed E-state index contributed by atoms with van der Waals surface area (Å²) in [6.07, 6.45) is -1.11. The average Bonchev–Trinajstić information content (AvgIpc) is 1.79. The number of ether oxygens (including phenoxy) is 1. The highest BCUT2D eigenvalue weighted by Gasteiger charge is 2.26. The van der Waals surface area contributed by atoms with Gasteiger partial charge in [-0.25, -0.2) is 4.79 Å². The van der Waals surface area contributed by atoms with Crippen molar-refractivity contribution in [1.29, 1.82) is 0 Å². The van der Waals surface area contributed by atoms with E-state index in [-0.39, 0.29) is 0 Å². The molecule has 11 heavy (non-hydrogen) atoms. The molecule has 0 aliphatic heterocycles. The first-order chi connectivity index (χ1) is 4.88. The number of hydrogen-bond acceptors (Lipinski definition) is 3. The molecular formula is C7H13NO3. The highest BCUT2D eigenvalue weighted by molar-refractivity contribution is 5.69. The van der Waals surface area contributed by atoms with Crippen molar-refractivity contribution in [2.75, 3.05) is 0 Å². The zero-order valence-electron chi connectivity index (χ0n) is 6.96. The van der Waals surface area contributed by atoms with Crippen LogP contribution < -0.4 is 5.73 Å². The summed E-state index contributed by atoms with van der Waals surface area (Å²) in [5, 5.41) is 0. The number of rotatable bonds is 2. The van der Waals surface area contributed by atoms with E-state index in [4.69, 9.17) is 5.73 Å². The lowest BCUT2D eigenvalue weighted by atomic mass is 9.90. The summed E-state index contributed by atoms with van der Waals surface area (Å²) in [4.78, 5) is 20.6. The zero-order chi connectivity index (χ0) is 9.07. The Bertz CT molecular complexity index is 160. The van der Waals surface area contributed by atoms with Crippen LogP contribution >= 0.6 is 0 Å². The Morgan fingerprint density at radius 2 is 2.00 bits per heavy atom. The highest BCUT2D eigenvalue weighted by Crippen LogP contribution is 2.20. The molecule has 0 aromatic carbocycles. The molecule has 0 saturated carbocycles. The molecule has 0 aliphatic carbocycles. The monoisotopic (exact) mass is 159 g/mol. The number of carbonyl (C=O) groups excluding carboxylic acids is 2. The van der Waals surface area contributed by atoms with Crippen molar-refractivity contribution in [2.24, 2.45) is 11.1 Å². The van der Waals surface area contributed by atoms with Crippen LogP contribution in [0.4, 0.5) is 4.79 Å². The van der Waals surface area contributed by atoms with E-state index in [1.165, 1.54) is 0 Å². The molecule has 0 fully saturated rings. The Labute approximate surface area is 65.7 Å². The van der Waals surface area contributed by atoms with E-state index in [0.717, 1.165) is 0 Å². The van der Waals surface area contributed by atoms with Crippen molar-refractivity contribution in [3.8, 4) is 0 Å². The Balaban J connectivity index is 4.18. The van der Waals surface area contributed by atoms with Crippen LogP contribution in [0.25, 0.3) is 0 Å². The van der Waals surface area contributed by atoms with Gasteiger partial charge in [0.2, 0.25) is 0 Å². The van der Waals surface area contributed by atoms with Crippen molar-refractivity contribution < 1.29 is 14.3 Å². The second-order valence-electron chi connectivity index (χ2n) is 3.36. The SMILES string of the molecule is CC(C)(C)C(C=O)OC(N)=O. The molecule has 0 bridgehead atoms. The minimum absolute atomic E-state index is 0.392. The van der Waals surface area contributed by atoms with Gasteiger partial charge in [0, 0.05) is 5.41 Å². The van der Waals surface area contributed by atoms with Crippen LogP contribution in [-0.2, 0) is 9.53 Å². The van der Waals surface area contributed by atoms with Crippen LogP contribution in [0.15, 0.2) is 0 Å². The first-order valence-corrected chi connectivity index (χ1v) is 3.29. The number of nitrogens with two attached hydrogens (primary N) is 1. The topological polar surface area (TPSA) is 69.4 Å². The largest absolute Gasteiger partial charge is 0.438 e. The summed E-state index contributed by atoms with van der Waals surface area (Å²) in [6.45, 7) is 5.36. The second kappa shape index (κ2) is 3.37. The molecule has 0 aromatic heterocycles. The first-order valence-electron chi connectivity index (χ1n) is 3.29. The van der Waals surface area contributed by atoms with Gasteiger partial charge in [-0.1, -0.05) is 20.8 Å². The fraction of sp³-hybridized carbons (Fsp3) is 0.714. The Morgan fingerprint density at radius 1 is 1.55 bits per heavy atom. The molecule has 4 nitrogen and oxygen atoms in total. The zero-order valence-corrected chi connectivity index (χ0v) is 6.96. The summed E-state index contributed by atoms with van der Waals surface area (Å²) in [5.74, 6) is 0. The van der Waals surface area contributed by atoms with Crippen LogP contribution in [0.2, 0.25) is 0 Å². The molecule has 1 amide bonds. The normalized spacial score (nSPS) is 13.7. The third kappa shape index (κ3) is 3.60.